The third kappa shape index (κ3) is 1.96. The van der Waals surface area contributed by atoms with Gasteiger partial charge in [-0.3, -0.25) is 14.4 Å². The maximum absolute atomic E-state index is 12.7. The van der Waals surface area contributed by atoms with E-state index in [4.69, 9.17) is 4.99 Å². The van der Waals surface area contributed by atoms with Gasteiger partial charge >= 0.3 is 0 Å². The van der Waals surface area contributed by atoms with Crippen LogP contribution in [0.3, 0.4) is 0 Å². The van der Waals surface area contributed by atoms with Crippen molar-refractivity contribution >= 4 is 22.7 Å². The van der Waals surface area contributed by atoms with Crippen molar-refractivity contribution in [3.05, 3.63) is 65.0 Å². The fraction of sp³-hybridized carbons (Fsp3) is 0.250. The molecule has 4 nitrogen and oxygen atoms in total. The molecule has 3 aromatic rings. The van der Waals surface area contributed by atoms with Crippen LogP contribution in [0.1, 0.15) is 40.9 Å². The van der Waals surface area contributed by atoms with E-state index < -0.39 is 5.54 Å². The smallest absolute Gasteiger partial charge is 0.190 e. The van der Waals surface area contributed by atoms with Crippen LogP contribution in [-0.4, -0.2) is 26.7 Å². The van der Waals surface area contributed by atoms with Crippen molar-refractivity contribution in [1.82, 2.24) is 9.55 Å². The zero-order valence-electron chi connectivity index (χ0n) is 14.3. The highest BCUT2D eigenvalue weighted by molar-refractivity contribution is 6.19. The van der Waals surface area contributed by atoms with Gasteiger partial charge in [-0.1, -0.05) is 30.3 Å². The van der Waals surface area contributed by atoms with Gasteiger partial charge in [0.15, 0.2) is 5.78 Å². The lowest BCUT2D eigenvalue weighted by atomic mass is 9.87. The Hall–Kier alpha value is -2.75. The second kappa shape index (κ2) is 4.87. The number of Topliss-reactive ketones (excluding diaryl/α,β-unsaturated/α-hetero) is 1. The molecule has 0 N–H and O–H groups in total. The monoisotopic (exact) mass is 317 g/mol. The van der Waals surface area contributed by atoms with E-state index in [1.807, 2.05) is 42.7 Å². The Morgan fingerprint density at radius 2 is 1.71 bits per heavy atom. The number of hydrogen-bond acceptors (Lipinski definition) is 3. The number of aromatic nitrogens is 2. The molecule has 0 radical (unpaired) electrons. The third-order valence-corrected chi connectivity index (χ3v) is 4.82. The molecule has 1 aliphatic heterocycles. The minimum absolute atomic E-state index is 0.0540. The molecule has 1 aliphatic rings. The van der Waals surface area contributed by atoms with Crippen molar-refractivity contribution in [3.8, 4) is 0 Å². The van der Waals surface area contributed by atoms with Crippen LogP contribution in [0.2, 0.25) is 0 Å². The number of rotatable bonds is 0. The van der Waals surface area contributed by atoms with E-state index in [9.17, 15) is 4.79 Å². The number of hydrogen-bond donors (Lipinski definition) is 0. The molecule has 0 aliphatic carbocycles. The van der Waals surface area contributed by atoms with Gasteiger partial charge in [-0.15, -0.1) is 0 Å². The highest BCUT2D eigenvalue weighted by atomic mass is 16.1. The summed E-state index contributed by atoms with van der Waals surface area (Å²) in [5, 5.41) is 0. The molecule has 0 atom stereocenters. The van der Waals surface area contributed by atoms with Crippen molar-refractivity contribution in [2.24, 2.45) is 4.99 Å². The lowest BCUT2D eigenvalue weighted by Gasteiger charge is -2.27. The zero-order chi connectivity index (χ0) is 17.1. The predicted molar refractivity (Wildman–Crippen MR) is 96.0 cm³/mol. The number of aryl methyl sites for hydroxylation is 2. The normalized spacial score (nSPS) is 16.2. The molecule has 0 amide bonds. The first-order valence-corrected chi connectivity index (χ1v) is 8.08. The average molecular weight is 317 g/mol. The number of carbonyl (C=O) groups is 1. The molecule has 2 aromatic carbocycles. The number of ketones is 1. The lowest BCUT2D eigenvalue weighted by Crippen LogP contribution is -2.38. The Kier molecular flexibility index (Phi) is 3.01. The van der Waals surface area contributed by atoms with Crippen molar-refractivity contribution in [3.63, 3.8) is 0 Å². The fourth-order valence-corrected chi connectivity index (χ4v) is 3.26. The highest BCUT2D eigenvalue weighted by Gasteiger charge is 2.36. The number of benzene rings is 2. The molecule has 0 saturated carbocycles. The maximum atomic E-state index is 12.7. The highest BCUT2D eigenvalue weighted by Crippen LogP contribution is 2.29. The first kappa shape index (κ1) is 14.8. The van der Waals surface area contributed by atoms with Gasteiger partial charge in [-0.2, -0.15) is 0 Å². The molecule has 0 unspecified atom stereocenters. The molecule has 120 valence electrons. The Balaban J connectivity index is 2.03. The molecular formula is C20H19N3O. The molecule has 4 heteroatoms. The summed E-state index contributed by atoms with van der Waals surface area (Å²) in [5.74, 6) is 0.833. The summed E-state index contributed by atoms with van der Waals surface area (Å²) in [6, 6.07) is 11.8. The Bertz CT molecular complexity index is 1020. The van der Waals surface area contributed by atoms with E-state index >= 15 is 0 Å². The molecular weight excluding hydrogens is 298 g/mol. The van der Waals surface area contributed by atoms with Crippen LogP contribution in [0.5, 0.6) is 0 Å². The Morgan fingerprint density at radius 3 is 2.46 bits per heavy atom. The second-order valence-electron chi connectivity index (χ2n) is 6.86. The third-order valence-electron chi connectivity index (χ3n) is 4.82. The zero-order valence-corrected chi connectivity index (χ0v) is 14.3. The molecule has 24 heavy (non-hydrogen) atoms. The fourth-order valence-electron chi connectivity index (χ4n) is 3.26. The summed E-state index contributed by atoms with van der Waals surface area (Å²) in [7, 11) is 0. The van der Waals surface area contributed by atoms with E-state index in [0.29, 0.717) is 0 Å². The van der Waals surface area contributed by atoms with Crippen molar-refractivity contribution in [1.29, 1.82) is 0 Å². The first-order valence-electron chi connectivity index (χ1n) is 8.08. The van der Waals surface area contributed by atoms with Crippen molar-refractivity contribution in [2.45, 2.75) is 33.2 Å². The predicted octanol–water partition coefficient (Wildman–Crippen LogP) is 3.92. The minimum atomic E-state index is -0.778. The number of carbonyl (C=O) groups excluding carboxylic acids is 1. The summed E-state index contributed by atoms with van der Waals surface area (Å²) >= 11 is 0. The van der Waals surface area contributed by atoms with Crippen molar-refractivity contribution < 1.29 is 4.79 Å². The number of nitrogens with zero attached hydrogens (tertiary/aromatic N) is 3. The van der Waals surface area contributed by atoms with E-state index in [1.54, 1.807) is 6.33 Å². The van der Waals surface area contributed by atoms with Crippen LogP contribution >= 0.6 is 0 Å². The van der Waals surface area contributed by atoms with Crippen LogP contribution in [-0.2, 0) is 0 Å². The standard InChI is InChI=1S/C20H19N3O/c1-12-9-10-16-17(13(12)2)21-11-23(16)19-15-8-6-5-7-14(15)18(24)20(3,4)22-19/h5-11H,1-4H3. The summed E-state index contributed by atoms with van der Waals surface area (Å²) in [6.07, 6.45) is 1.80. The largest absolute Gasteiger partial charge is 0.291 e. The van der Waals surface area contributed by atoms with E-state index in [0.717, 1.165) is 28.0 Å². The molecule has 0 fully saturated rings. The van der Waals surface area contributed by atoms with Crippen LogP contribution in [0.25, 0.3) is 11.0 Å². The van der Waals surface area contributed by atoms with Gasteiger partial charge in [0.1, 0.15) is 17.7 Å². The second-order valence-corrected chi connectivity index (χ2v) is 6.86. The van der Waals surface area contributed by atoms with E-state index in [2.05, 4.69) is 31.0 Å². The molecule has 2 heterocycles. The minimum Gasteiger partial charge on any atom is -0.291 e. The van der Waals surface area contributed by atoms with Gasteiger partial charge < -0.3 is 0 Å². The van der Waals surface area contributed by atoms with Crippen LogP contribution in [0, 0.1) is 13.8 Å². The summed E-state index contributed by atoms with van der Waals surface area (Å²) in [5.41, 5.74) is 5.18. The number of imidazole rings is 1. The maximum Gasteiger partial charge on any atom is 0.190 e. The van der Waals surface area contributed by atoms with Crippen molar-refractivity contribution in [2.75, 3.05) is 0 Å². The van der Waals surface area contributed by atoms with Gasteiger partial charge in [0.05, 0.1) is 11.0 Å². The molecule has 1 aromatic heterocycles. The van der Waals surface area contributed by atoms with Crippen LogP contribution < -0.4 is 0 Å². The molecule has 4 rings (SSSR count). The van der Waals surface area contributed by atoms with Crippen LogP contribution in [0.15, 0.2) is 47.7 Å². The van der Waals surface area contributed by atoms with Gasteiger partial charge in [0.25, 0.3) is 0 Å². The average Bonchev–Trinajstić information content (AvgIpc) is 2.99. The Labute approximate surface area is 140 Å². The summed E-state index contributed by atoms with van der Waals surface area (Å²) in [4.78, 5) is 22.0. The molecule has 0 bridgehead atoms. The number of fused-ring (bicyclic) bond motifs is 2. The molecule has 0 saturated heterocycles. The lowest BCUT2D eigenvalue weighted by molar-refractivity contribution is 0.0912. The van der Waals surface area contributed by atoms with Gasteiger partial charge in [-0.05, 0) is 44.9 Å². The van der Waals surface area contributed by atoms with Gasteiger partial charge in [0, 0.05) is 11.1 Å². The van der Waals surface area contributed by atoms with E-state index in [1.165, 1.54) is 11.1 Å². The topological polar surface area (TPSA) is 47.2 Å². The quantitative estimate of drug-likeness (QED) is 0.631. The first-order chi connectivity index (χ1) is 11.4. The Morgan fingerprint density at radius 1 is 1.00 bits per heavy atom. The summed E-state index contributed by atoms with van der Waals surface area (Å²) in [6.45, 7) is 7.89. The van der Waals surface area contributed by atoms with Gasteiger partial charge in [-0.25, -0.2) is 4.98 Å². The van der Waals surface area contributed by atoms with E-state index in [-0.39, 0.29) is 5.78 Å². The summed E-state index contributed by atoms with van der Waals surface area (Å²) < 4.78 is 1.99. The van der Waals surface area contributed by atoms with Gasteiger partial charge in [0.2, 0.25) is 0 Å². The van der Waals surface area contributed by atoms with Crippen LogP contribution in [0.4, 0.5) is 0 Å². The SMILES string of the molecule is Cc1ccc2c(ncn2C2=NC(C)(C)C(=O)c3ccccc32)c1C. The molecule has 0 spiro atoms. The number of aliphatic imine (C=N–C) groups is 1.